The molecule has 0 heterocycles. The number of allylic oxidation sites excluding steroid dienone is 2. The lowest BCUT2D eigenvalue weighted by molar-refractivity contribution is -0.119. The molecular formula is C13H24OSi. The van der Waals surface area contributed by atoms with Crippen LogP contribution < -0.4 is 0 Å². The Morgan fingerprint density at radius 1 is 1.27 bits per heavy atom. The minimum Gasteiger partial charge on any atom is -0.299 e. The van der Waals surface area contributed by atoms with Gasteiger partial charge < -0.3 is 0 Å². The van der Waals surface area contributed by atoms with Crippen molar-refractivity contribution in [1.82, 2.24) is 0 Å². The predicted molar refractivity (Wildman–Crippen MR) is 68.9 cm³/mol. The van der Waals surface area contributed by atoms with Crippen molar-refractivity contribution < 1.29 is 4.79 Å². The van der Waals surface area contributed by atoms with E-state index in [0.717, 1.165) is 6.42 Å². The minimum absolute atomic E-state index is 0.206. The summed E-state index contributed by atoms with van der Waals surface area (Å²) in [7, 11) is -1.21. The average molecular weight is 224 g/mol. The normalized spacial score (nSPS) is 30.4. The molecule has 0 aromatic carbocycles. The fourth-order valence-corrected chi connectivity index (χ4v) is 5.07. The van der Waals surface area contributed by atoms with Crippen LogP contribution in [0.5, 0.6) is 0 Å². The van der Waals surface area contributed by atoms with Gasteiger partial charge in [-0.2, -0.15) is 0 Å². The van der Waals surface area contributed by atoms with Gasteiger partial charge >= 0.3 is 0 Å². The highest BCUT2D eigenvalue weighted by Crippen LogP contribution is 2.37. The van der Waals surface area contributed by atoms with Crippen molar-refractivity contribution in [3.05, 3.63) is 12.2 Å². The molecule has 2 heteroatoms. The zero-order chi connectivity index (χ0) is 11.5. The topological polar surface area (TPSA) is 17.1 Å². The van der Waals surface area contributed by atoms with Crippen LogP contribution in [0.25, 0.3) is 0 Å². The molecule has 0 radical (unpaired) electrons. The lowest BCUT2D eigenvalue weighted by Gasteiger charge is -2.34. The molecule has 1 nitrogen and oxygen atoms in total. The highest BCUT2D eigenvalue weighted by molar-refractivity contribution is 6.77. The van der Waals surface area contributed by atoms with Crippen molar-refractivity contribution in [2.75, 3.05) is 0 Å². The van der Waals surface area contributed by atoms with E-state index in [9.17, 15) is 4.79 Å². The number of hydrogen-bond donors (Lipinski definition) is 0. The fraction of sp³-hybridized carbons (Fsp3) is 0.769. The first kappa shape index (κ1) is 12.7. The number of carbonyl (C=O) groups is 1. The van der Waals surface area contributed by atoms with E-state index in [1.54, 1.807) is 6.92 Å². The van der Waals surface area contributed by atoms with E-state index in [1.807, 2.05) is 0 Å². The summed E-state index contributed by atoms with van der Waals surface area (Å²) in [6.07, 6.45) is 9.40. The zero-order valence-corrected chi connectivity index (χ0v) is 11.5. The van der Waals surface area contributed by atoms with Crippen molar-refractivity contribution >= 4 is 13.9 Å². The first-order chi connectivity index (χ1) is 6.93. The van der Waals surface area contributed by atoms with E-state index in [1.165, 1.54) is 19.3 Å². The van der Waals surface area contributed by atoms with Gasteiger partial charge in [0.2, 0.25) is 0 Å². The maximum Gasteiger partial charge on any atom is 0.136 e. The van der Waals surface area contributed by atoms with Crippen LogP contribution in [0.15, 0.2) is 12.2 Å². The Balaban J connectivity index is 2.90. The van der Waals surface area contributed by atoms with Crippen molar-refractivity contribution in [3.8, 4) is 0 Å². The van der Waals surface area contributed by atoms with E-state index in [2.05, 4.69) is 31.8 Å². The summed E-state index contributed by atoms with van der Waals surface area (Å²) in [6.45, 7) is 8.93. The quantitative estimate of drug-likeness (QED) is 0.511. The molecule has 2 atom stereocenters. The standard InChI is InChI=1S/C13H24OSi/c1-11(14)12-9-7-5-6-8-10-13(12)15(2,3)4/h7,9,12-13H,5-6,8,10H2,1-4H3/b9-7-. The van der Waals surface area contributed by atoms with Gasteiger partial charge in [-0.05, 0) is 25.3 Å². The molecule has 0 aliphatic heterocycles. The highest BCUT2D eigenvalue weighted by Gasteiger charge is 2.34. The lowest BCUT2D eigenvalue weighted by Crippen LogP contribution is -2.35. The summed E-state index contributed by atoms with van der Waals surface area (Å²) in [4.78, 5) is 11.7. The first-order valence-corrected chi connectivity index (χ1v) is 9.68. The maximum absolute atomic E-state index is 11.7. The number of ketones is 1. The molecule has 0 saturated heterocycles. The molecule has 1 aliphatic rings. The largest absolute Gasteiger partial charge is 0.299 e. The number of carbonyl (C=O) groups excluding carboxylic acids is 1. The van der Waals surface area contributed by atoms with Gasteiger partial charge in [-0.15, -0.1) is 0 Å². The molecule has 0 fully saturated rings. The van der Waals surface area contributed by atoms with Gasteiger partial charge in [0.25, 0.3) is 0 Å². The van der Waals surface area contributed by atoms with Gasteiger partial charge in [-0.1, -0.05) is 44.6 Å². The summed E-state index contributed by atoms with van der Waals surface area (Å²) >= 11 is 0. The Labute approximate surface area is 95.0 Å². The molecule has 86 valence electrons. The smallest absolute Gasteiger partial charge is 0.136 e. The van der Waals surface area contributed by atoms with Gasteiger partial charge in [0.05, 0.1) is 0 Å². The van der Waals surface area contributed by atoms with Gasteiger partial charge in [0.15, 0.2) is 0 Å². The summed E-state index contributed by atoms with van der Waals surface area (Å²) in [5.41, 5.74) is 0.645. The Morgan fingerprint density at radius 3 is 2.47 bits per heavy atom. The van der Waals surface area contributed by atoms with E-state index in [-0.39, 0.29) is 5.92 Å². The summed E-state index contributed by atoms with van der Waals surface area (Å²) in [5.74, 6) is 0.567. The molecule has 0 bridgehead atoms. The minimum atomic E-state index is -1.21. The molecule has 15 heavy (non-hydrogen) atoms. The Morgan fingerprint density at radius 2 is 1.93 bits per heavy atom. The average Bonchev–Trinajstić information content (AvgIpc) is 1.99. The van der Waals surface area contributed by atoms with Crippen LogP contribution in [0, 0.1) is 5.92 Å². The fourth-order valence-electron chi connectivity index (χ4n) is 2.57. The summed E-state index contributed by atoms with van der Waals surface area (Å²) < 4.78 is 0. The third-order valence-corrected chi connectivity index (χ3v) is 6.37. The molecular weight excluding hydrogens is 200 g/mol. The summed E-state index contributed by atoms with van der Waals surface area (Å²) in [5, 5.41) is 0. The Bertz CT molecular complexity index is 250. The second-order valence-electron chi connectivity index (χ2n) is 5.82. The van der Waals surface area contributed by atoms with Crippen molar-refractivity contribution in [2.24, 2.45) is 5.92 Å². The first-order valence-electron chi connectivity index (χ1n) is 6.10. The molecule has 0 saturated carbocycles. The summed E-state index contributed by atoms with van der Waals surface area (Å²) in [6, 6.07) is 0. The van der Waals surface area contributed by atoms with Crippen LogP contribution in [0.2, 0.25) is 25.2 Å². The second-order valence-corrected chi connectivity index (χ2v) is 11.3. The SMILES string of the molecule is CC(=O)C1/C=C\CCCCC1[Si](C)(C)C. The molecule has 2 unspecified atom stereocenters. The molecule has 0 amide bonds. The molecule has 0 aromatic heterocycles. The van der Waals surface area contributed by atoms with E-state index in [4.69, 9.17) is 0 Å². The maximum atomic E-state index is 11.7. The van der Waals surface area contributed by atoms with Crippen molar-refractivity contribution in [1.29, 1.82) is 0 Å². The Hall–Kier alpha value is -0.373. The van der Waals surface area contributed by atoms with Crippen LogP contribution in [0.1, 0.15) is 32.6 Å². The van der Waals surface area contributed by atoms with Crippen LogP contribution in [0.3, 0.4) is 0 Å². The van der Waals surface area contributed by atoms with E-state index >= 15 is 0 Å². The molecule has 1 rings (SSSR count). The molecule has 0 N–H and O–H groups in total. The molecule has 1 aliphatic carbocycles. The van der Waals surface area contributed by atoms with Crippen molar-refractivity contribution in [2.45, 2.75) is 57.8 Å². The van der Waals surface area contributed by atoms with E-state index in [0.29, 0.717) is 11.3 Å². The van der Waals surface area contributed by atoms with Gasteiger partial charge in [-0.3, -0.25) is 4.79 Å². The van der Waals surface area contributed by atoms with Gasteiger partial charge in [0, 0.05) is 14.0 Å². The third kappa shape index (κ3) is 3.60. The third-order valence-electron chi connectivity index (χ3n) is 3.49. The van der Waals surface area contributed by atoms with Crippen molar-refractivity contribution in [3.63, 3.8) is 0 Å². The number of Topliss-reactive ketones (excluding diaryl/α,β-unsaturated/α-hetero) is 1. The molecule has 0 spiro atoms. The monoisotopic (exact) mass is 224 g/mol. The van der Waals surface area contributed by atoms with Gasteiger partial charge in [-0.25, -0.2) is 0 Å². The number of rotatable bonds is 2. The predicted octanol–water partition coefficient (Wildman–Crippen LogP) is 4.03. The van der Waals surface area contributed by atoms with Crippen LogP contribution in [0.4, 0.5) is 0 Å². The number of hydrogen-bond acceptors (Lipinski definition) is 1. The van der Waals surface area contributed by atoms with Crippen LogP contribution >= 0.6 is 0 Å². The zero-order valence-electron chi connectivity index (χ0n) is 10.5. The van der Waals surface area contributed by atoms with Gasteiger partial charge in [0.1, 0.15) is 5.78 Å². The molecule has 0 aromatic rings. The lowest BCUT2D eigenvalue weighted by atomic mass is 9.93. The van der Waals surface area contributed by atoms with Crippen LogP contribution in [-0.4, -0.2) is 13.9 Å². The second kappa shape index (κ2) is 5.11. The van der Waals surface area contributed by atoms with E-state index < -0.39 is 8.07 Å². The van der Waals surface area contributed by atoms with Crippen LogP contribution in [-0.2, 0) is 4.79 Å². The highest BCUT2D eigenvalue weighted by atomic mass is 28.3. The Kier molecular flexibility index (Phi) is 4.32.